The van der Waals surface area contributed by atoms with Crippen LogP contribution in [0.4, 0.5) is 11.4 Å². The lowest BCUT2D eigenvalue weighted by Crippen LogP contribution is -2.03. The van der Waals surface area contributed by atoms with Crippen molar-refractivity contribution in [2.24, 2.45) is 9.98 Å². The Morgan fingerprint density at radius 2 is 1.02 bits per heavy atom. The van der Waals surface area contributed by atoms with E-state index >= 15 is 0 Å². The van der Waals surface area contributed by atoms with Gasteiger partial charge in [-0.2, -0.15) is 0 Å². The van der Waals surface area contributed by atoms with Gasteiger partial charge in [0.1, 0.15) is 11.4 Å². The van der Waals surface area contributed by atoms with Crippen LogP contribution < -0.4 is 10.7 Å². The molecule has 0 amide bonds. The highest BCUT2D eigenvalue weighted by atomic mass is 15.3. The van der Waals surface area contributed by atoms with Crippen molar-refractivity contribution in [2.45, 2.75) is 0 Å². The van der Waals surface area contributed by atoms with Crippen molar-refractivity contribution in [1.29, 1.82) is 0 Å². The number of rotatable bonds is 5. The van der Waals surface area contributed by atoms with E-state index < -0.39 is 0 Å². The molecule has 0 spiro atoms. The van der Waals surface area contributed by atoms with E-state index in [1.165, 1.54) is 0 Å². The molecule has 0 unspecified atom stereocenters. The highest BCUT2D eigenvalue weighted by molar-refractivity contribution is 6.09. The zero-order chi connectivity index (χ0) is 35.6. The van der Waals surface area contributed by atoms with Crippen molar-refractivity contribution < 1.29 is 0 Å². The Bertz CT molecular complexity index is 3210. The summed E-state index contributed by atoms with van der Waals surface area (Å²) in [6.45, 7) is 0. The Labute approximate surface area is 310 Å². The minimum absolute atomic E-state index is 0.762. The van der Waals surface area contributed by atoms with Gasteiger partial charge < -0.3 is 0 Å². The standard InChI is InChI=1S/C49H29N5/c1-3-14-31(15-4-1)34-26-28-41-45(46-42(50-41)29-27-39-35-21-11-12-25-40(35)51-48(39)46)43(34)37-22-9-10-23-38(37)49-44(36-24-13-19-30-16-7-8-20-33(30)36)47(52-54-53-49)32-17-5-2-6-18-32/h1-29H. The second kappa shape index (κ2) is 12.1. The van der Waals surface area contributed by atoms with Crippen molar-refractivity contribution in [3.63, 3.8) is 0 Å². The van der Waals surface area contributed by atoms with Crippen LogP contribution >= 0.6 is 0 Å². The van der Waals surface area contributed by atoms with Gasteiger partial charge in [0.2, 0.25) is 0 Å². The molecule has 2 aliphatic rings. The predicted octanol–water partition coefficient (Wildman–Crippen LogP) is 10.8. The van der Waals surface area contributed by atoms with E-state index in [4.69, 9.17) is 20.2 Å². The van der Waals surface area contributed by atoms with Crippen LogP contribution in [0.2, 0.25) is 0 Å². The molecule has 2 aliphatic heterocycles. The van der Waals surface area contributed by atoms with Crippen molar-refractivity contribution in [2.75, 3.05) is 0 Å². The van der Waals surface area contributed by atoms with E-state index in [2.05, 4.69) is 163 Å². The molecule has 8 aromatic carbocycles. The predicted molar refractivity (Wildman–Crippen MR) is 216 cm³/mol. The van der Waals surface area contributed by atoms with E-state index in [1.54, 1.807) is 0 Å². The summed E-state index contributed by atoms with van der Waals surface area (Å²) in [5.41, 5.74) is 13.8. The average Bonchev–Trinajstić information content (AvgIpc) is 3.82. The Morgan fingerprint density at radius 3 is 1.89 bits per heavy atom. The Kier molecular flexibility index (Phi) is 6.79. The zero-order valence-electron chi connectivity index (χ0n) is 29.0. The van der Waals surface area contributed by atoms with Gasteiger partial charge in [-0.3, -0.25) is 0 Å². The fourth-order valence-corrected chi connectivity index (χ4v) is 8.30. The van der Waals surface area contributed by atoms with E-state index in [9.17, 15) is 0 Å². The lowest BCUT2D eigenvalue weighted by molar-refractivity contribution is 0.879. The molecule has 0 saturated heterocycles. The average molecular weight is 688 g/mol. The van der Waals surface area contributed by atoms with Crippen molar-refractivity contribution in [3.05, 3.63) is 197 Å². The molecule has 0 atom stereocenters. The second-order valence-corrected chi connectivity index (χ2v) is 13.6. The third-order valence-electron chi connectivity index (χ3n) is 10.7. The molecule has 54 heavy (non-hydrogen) atoms. The number of aromatic nitrogens is 3. The lowest BCUT2D eigenvalue weighted by atomic mass is 9.83. The molecular formula is C49H29N5. The first-order valence-corrected chi connectivity index (χ1v) is 18.1. The normalized spacial score (nSPS) is 12.0. The van der Waals surface area contributed by atoms with Gasteiger partial charge in [0.25, 0.3) is 0 Å². The van der Waals surface area contributed by atoms with Crippen molar-refractivity contribution >= 4 is 22.1 Å². The molecule has 0 bridgehead atoms. The molecule has 0 N–H and O–H groups in total. The summed E-state index contributed by atoms with van der Waals surface area (Å²) >= 11 is 0. The monoisotopic (exact) mass is 687 g/mol. The molecule has 5 nitrogen and oxygen atoms in total. The van der Waals surface area contributed by atoms with Crippen LogP contribution in [0.15, 0.2) is 186 Å². The summed E-state index contributed by atoms with van der Waals surface area (Å²) < 4.78 is 0. The maximum absolute atomic E-state index is 5.24. The van der Waals surface area contributed by atoms with Gasteiger partial charge in [0, 0.05) is 43.8 Å². The molecule has 0 aliphatic carbocycles. The Morgan fingerprint density at radius 1 is 0.333 bits per heavy atom. The fourth-order valence-electron chi connectivity index (χ4n) is 8.30. The number of benzene rings is 8. The van der Waals surface area contributed by atoms with E-state index in [1.807, 2.05) is 18.2 Å². The van der Waals surface area contributed by atoms with Crippen LogP contribution in [-0.4, -0.2) is 15.4 Å². The van der Waals surface area contributed by atoms with Crippen LogP contribution in [0.3, 0.4) is 0 Å². The van der Waals surface area contributed by atoms with Gasteiger partial charge in [-0.15, -0.1) is 10.2 Å². The summed E-state index contributed by atoms with van der Waals surface area (Å²) in [4.78, 5) is 10.5. The maximum Gasteiger partial charge on any atom is 0.105 e. The molecule has 3 heterocycles. The first-order chi connectivity index (χ1) is 26.8. The van der Waals surface area contributed by atoms with Crippen LogP contribution in [0.25, 0.3) is 77.8 Å². The van der Waals surface area contributed by atoms with Crippen molar-refractivity contribution in [1.82, 2.24) is 15.4 Å². The quantitative estimate of drug-likeness (QED) is 0.181. The molecule has 9 aromatic rings. The number of fused-ring (bicyclic) bond motifs is 7. The van der Waals surface area contributed by atoms with Gasteiger partial charge in [-0.05, 0) is 62.5 Å². The molecule has 11 rings (SSSR count). The molecule has 0 radical (unpaired) electrons. The van der Waals surface area contributed by atoms with E-state index in [-0.39, 0.29) is 0 Å². The molecular weight excluding hydrogens is 659 g/mol. The SMILES string of the molecule is c1ccc(-c2ccc3c(c2-c2ccccc2-c2nnnc(-c4ccccc4)c2-c2cccc4ccccc24)-c2c4c(ccc2=N3)=c2ccccc2=N4)cc1. The third-order valence-corrected chi connectivity index (χ3v) is 10.7. The van der Waals surface area contributed by atoms with Crippen LogP contribution in [0.5, 0.6) is 0 Å². The summed E-state index contributed by atoms with van der Waals surface area (Å²) in [5, 5.41) is 20.6. The van der Waals surface area contributed by atoms with Gasteiger partial charge >= 0.3 is 0 Å². The summed E-state index contributed by atoms with van der Waals surface area (Å²) in [7, 11) is 0. The number of para-hydroxylation sites is 1. The van der Waals surface area contributed by atoms with Gasteiger partial charge in [-0.1, -0.05) is 152 Å². The van der Waals surface area contributed by atoms with Crippen LogP contribution in [0.1, 0.15) is 0 Å². The topological polar surface area (TPSA) is 63.4 Å². The smallest absolute Gasteiger partial charge is 0.105 e. The van der Waals surface area contributed by atoms with Crippen LogP contribution in [0, 0.1) is 10.4 Å². The zero-order valence-corrected chi connectivity index (χ0v) is 29.0. The Hall–Kier alpha value is -7.37. The molecule has 250 valence electrons. The van der Waals surface area contributed by atoms with Crippen molar-refractivity contribution in [3.8, 4) is 67.0 Å². The van der Waals surface area contributed by atoms with E-state index in [0.717, 1.165) is 110 Å². The first kappa shape index (κ1) is 30.3. The van der Waals surface area contributed by atoms with E-state index in [0.29, 0.717) is 0 Å². The third kappa shape index (κ3) is 4.62. The summed E-state index contributed by atoms with van der Waals surface area (Å²) in [6, 6.07) is 61.4. The molecule has 5 heteroatoms. The number of hydrogen-bond acceptors (Lipinski definition) is 5. The Balaban J connectivity index is 1.26. The lowest BCUT2D eigenvalue weighted by Gasteiger charge is -2.21. The number of nitrogens with zero attached hydrogens (tertiary/aromatic N) is 5. The van der Waals surface area contributed by atoms with Gasteiger partial charge in [-0.25, -0.2) is 9.98 Å². The minimum atomic E-state index is 0.762. The minimum Gasteiger partial charge on any atom is -0.248 e. The van der Waals surface area contributed by atoms with Gasteiger partial charge in [0.15, 0.2) is 0 Å². The second-order valence-electron chi connectivity index (χ2n) is 13.6. The van der Waals surface area contributed by atoms with Gasteiger partial charge in [0.05, 0.1) is 22.1 Å². The maximum atomic E-state index is 5.24. The largest absolute Gasteiger partial charge is 0.248 e. The van der Waals surface area contributed by atoms with Crippen LogP contribution in [-0.2, 0) is 0 Å². The first-order valence-electron chi connectivity index (χ1n) is 18.1. The number of hydrogen-bond donors (Lipinski definition) is 0. The molecule has 0 saturated carbocycles. The summed E-state index contributed by atoms with van der Waals surface area (Å²) in [5.74, 6) is 0. The fraction of sp³-hybridized carbons (Fsp3) is 0. The highest BCUT2D eigenvalue weighted by Crippen LogP contribution is 2.52. The summed E-state index contributed by atoms with van der Waals surface area (Å²) in [6.07, 6.45) is 0. The highest BCUT2D eigenvalue weighted by Gasteiger charge is 2.29. The molecule has 0 fully saturated rings. The molecule has 1 aromatic heterocycles.